The summed E-state index contributed by atoms with van der Waals surface area (Å²) in [4.78, 5) is 2.36. The molecule has 1 aliphatic rings. The summed E-state index contributed by atoms with van der Waals surface area (Å²) in [6.45, 7) is 3.52. The first-order valence-electron chi connectivity index (χ1n) is 5.67. The van der Waals surface area contributed by atoms with Crippen molar-refractivity contribution < 1.29 is 0 Å². The van der Waals surface area contributed by atoms with Crippen LogP contribution in [0.5, 0.6) is 0 Å². The summed E-state index contributed by atoms with van der Waals surface area (Å²) in [7, 11) is 2.18. The molecule has 0 amide bonds. The zero-order valence-corrected chi connectivity index (χ0v) is 12.9. The van der Waals surface area contributed by atoms with Gasteiger partial charge in [-0.3, -0.25) is 0 Å². The maximum atomic E-state index is 3.61. The van der Waals surface area contributed by atoms with Crippen molar-refractivity contribution in [2.24, 2.45) is 11.8 Å². The molecular formula is C13H17Br2N. The van der Waals surface area contributed by atoms with Crippen LogP contribution in [0.4, 0.5) is 5.69 Å². The van der Waals surface area contributed by atoms with Crippen molar-refractivity contribution >= 4 is 37.5 Å². The van der Waals surface area contributed by atoms with Crippen LogP contribution in [0.15, 0.2) is 22.7 Å². The van der Waals surface area contributed by atoms with Crippen LogP contribution in [0.1, 0.15) is 18.9 Å². The third-order valence-corrected chi connectivity index (χ3v) is 4.75. The number of anilines is 1. The van der Waals surface area contributed by atoms with E-state index in [9.17, 15) is 0 Å². The predicted molar refractivity (Wildman–Crippen MR) is 77.3 cm³/mol. The smallest absolute Gasteiger partial charge is 0.0375 e. The lowest BCUT2D eigenvalue weighted by Gasteiger charge is -2.20. The molecule has 1 saturated carbocycles. The molecule has 0 aliphatic heterocycles. The molecule has 0 N–H and O–H groups in total. The van der Waals surface area contributed by atoms with E-state index in [-0.39, 0.29) is 0 Å². The number of alkyl halides is 1. The quantitative estimate of drug-likeness (QED) is 0.728. The van der Waals surface area contributed by atoms with Crippen molar-refractivity contribution in [2.45, 2.75) is 18.7 Å². The zero-order chi connectivity index (χ0) is 11.7. The molecule has 1 aromatic rings. The van der Waals surface area contributed by atoms with Gasteiger partial charge in [-0.15, -0.1) is 0 Å². The normalized spacial score (nSPS) is 23.2. The molecule has 0 spiro atoms. The molecule has 0 bridgehead atoms. The van der Waals surface area contributed by atoms with Gasteiger partial charge in [0.15, 0.2) is 0 Å². The zero-order valence-electron chi connectivity index (χ0n) is 9.71. The highest BCUT2D eigenvalue weighted by Gasteiger charge is 2.33. The van der Waals surface area contributed by atoms with Crippen LogP contribution in [-0.4, -0.2) is 13.6 Å². The summed E-state index contributed by atoms with van der Waals surface area (Å²) >= 11 is 7.10. The first kappa shape index (κ1) is 12.4. The summed E-state index contributed by atoms with van der Waals surface area (Å²) in [5.74, 6) is 1.83. The van der Waals surface area contributed by atoms with E-state index in [2.05, 4.69) is 68.9 Å². The molecule has 88 valence electrons. The van der Waals surface area contributed by atoms with Gasteiger partial charge in [0, 0.05) is 29.1 Å². The fourth-order valence-electron chi connectivity index (χ4n) is 1.99. The molecule has 0 aromatic heterocycles. The molecule has 2 atom stereocenters. The molecule has 1 fully saturated rings. The Morgan fingerprint density at radius 3 is 2.62 bits per heavy atom. The van der Waals surface area contributed by atoms with Crippen molar-refractivity contribution in [3.8, 4) is 0 Å². The Labute approximate surface area is 114 Å². The Kier molecular flexibility index (Phi) is 3.96. The molecule has 2 rings (SSSR count). The molecule has 2 unspecified atom stereocenters. The van der Waals surface area contributed by atoms with E-state index >= 15 is 0 Å². The van der Waals surface area contributed by atoms with Crippen LogP contribution in [0.3, 0.4) is 0 Å². The minimum atomic E-state index is 0.900. The van der Waals surface area contributed by atoms with Crippen molar-refractivity contribution in [3.05, 3.63) is 28.2 Å². The topological polar surface area (TPSA) is 3.24 Å². The van der Waals surface area contributed by atoms with E-state index in [1.165, 1.54) is 28.7 Å². The second-order valence-electron chi connectivity index (χ2n) is 4.76. The van der Waals surface area contributed by atoms with Gasteiger partial charge in [-0.2, -0.15) is 0 Å². The van der Waals surface area contributed by atoms with Gasteiger partial charge in [-0.25, -0.2) is 0 Å². The highest BCUT2D eigenvalue weighted by molar-refractivity contribution is 9.10. The number of halogens is 2. The molecule has 1 aromatic carbocycles. The van der Waals surface area contributed by atoms with Gasteiger partial charge < -0.3 is 4.90 Å². The van der Waals surface area contributed by atoms with Crippen molar-refractivity contribution in [1.29, 1.82) is 0 Å². The maximum absolute atomic E-state index is 3.61. The molecule has 1 nitrogen and oxygen atoms in total. The van der Waals surface area contributed by atoms with Gasteiger partial charge in [0.05, 0.1) is 0 Å². The second kappa shape index (κ2) is 5.09. The molecule has 3 heteroatoms. The Bertz CT molecular complexity index is 378. The van der Waals surface area contributed by atoms with E-state index in [0.29, 0.717) is 0 Å². The van der Waals surface area contributed by atoms with Crippen LogP contribution in [0, 0.1) is 11.8 Å². The van der Waals surface area contributed by atoms with Crippen LogP contribution >= 0.6 is 31.9 Å². The average molecular weight is 347 g/mol. The van der Waals surface area contributed by atoms with Gasteiger partial charge in [0.1, 0.15) is 0 Å². The molecule has 0 saturated heterocycles. The third kappa shape index (κ3) is 2.80. The van der Waals surface area contributed by atoms with Crippen molar-refractivity contribution in [3.63, 3.8) is 0 Å². The summed E-state index contributed by atoms with van der Waals surface area (Å²) in [6, 6.07) is 6.60. The van der Waals surface area contributed by atoms with Gasteiger partial charge in [-0.1, -0.05) is 44.8 Å². The lowest BCUT2D eigenvalue weighted by atomic mass is 10.2. The summed E-state index contributed by atoms with van der Waals surface area (Å²) < 4.78 is 1.19. The number of nitrogens with zero attached hydrogens (tertiary/aromatic N) is 1. The Morgan fingerprint density at radius 1 is 1.44 bits per heavy atom. The highest BCUT2D eigenvalue weighted by atomic mass is 79.9. The number of hydrogen-bond acceptors (Lipinski definition) is 1. The number of rotatable bonds is 4. The maximum Gasteiger partial charge on any atom is 0.0375 e. The van der Waals surface area contributed by atoms with Crippen LogP contribution in [0.25, 0.3) is 0 Å². The Balaban J connectivity index is 2.05. The van der Waals surface area contributed by atoms with Gasteiger partial charge in [-0.05, 0) is 36.0 Å². The van der Waals surface area contributed by atoms with Gasteiger partial charge in [0.25, 0.3) is 0 Å². The van der Waals surface area contributed by atoms with Crippen molar-refractivity contribution in [2.75, 3.05) is 18.5 Å². The Hall–Kier alpha value is -0.0200. The lowest BCUT2D eigenvalue weighted by molar-refractivity contribution is 0.725. The molecule has 0 heterocycles. The summed E-state index contributed by atoms with van der Waals surface area (Å²) in [5, 5.41) is 0.900. The standard InChI is InChI=1S/C13H17Br2N/c1-9-5-11(9)8-16(2)12-4-3-10(7-14)13(15)6-12/h3-4,6,9,11H,5,7-8H2,1-2H3. The van der Waals surface area contributed by atoms with Crippen LogP contribution in [-0.2, 0) is 5.33 Å². The first-order chi connectivity index (χ1) is 7.61. The third-order valence-electron chi connectivity index (χ3n) is 3.41. The molecule has 1 aliphatic carbocycles. The number of benzene rings is 1. The fraction of sp³-hybridized carbons (Fsp3) is 0.538. The number of hydrogen-bond donors (Lipinski definition) is 0. The predicted octanol–water partition coefficient (Wildman–Crippen LogP) is 4.44. The first-order valence-corrected chi connectivity index (χ1v) is 7.58. The van der Waals surface area contributed by atoms with Gasteiger partial charge in [0.2, 0.25) is 0 Å². The Morgan fingerprint density at radius 2 is 2.12 bits per heavy atom. The van der Waals surface area contributed by atoms with Crippen LogP contribution < -0.4 is 4.90 Å². The van der Waals surface area contributed by atoms with Gasteiger partial charge >= 0.3 is 0 Å². The SMILES string of the molecule is CC1CC1CN(C)c1ccc(CBr)c(Br)c1. The second-order valence-corrected chi connectivity index (χ2v) is 6.18. The van der Waals surface area contributed by atoms with E-state index in [1.807, 2.05) is 0 Å². The van der Waals surface area contributed by atoms with E-state index < -0.39 is 0 Å². The monoisotopic (exact) mass is 345 g/mol. The minimum absolute atomic E-state index is 0.900. The van der Waals surface area contributed by atoms with E-state index in [4.69, 9.17) is 0 Å². The average Bonchev–Trinajstić information content (AvgIpc) is 2.94. The van der Waals surface area contributed by atoms with Crippen molar-refractivity contribution in [1.82, 2.24) is 0 Å². The van der Waals surface area contributed by atoms with E-state index in [0.717, 1.165) is 17.2 Å². The summed E-state index contributed by atoms with van der Waals surface area (Å²) in [5.41, 5.74) is 2.60. The largest absolute Gasteiger partial charge is 0.374 e. The van der Waals surface area contributed by atoms with E-state index in [1.54, 1.807) is 0 Å². The fourth-order valence-corrected chi connectivity index (χ4v) is 3.36. The van der Waals surface area contributed by atoms with Crippen LogP contribution in [0.2, 0.25) is 0 Å². The highest BCUT2D eigenvalue weighted by Crippen LogP contribution is 2.39. The lowest BCUT2D eigenvalue weighted by Crippen LogP contribution is -2.20. The molecule has 0 radical (unpaired) electrons. The minimum Gasteiger partial charge on any atom is -0.374 e. The molecule has 16 heavy (non-hydrogen) atoms. The summed E-state index contributed by atoms with van der Waals surface area (Å²) in [6.07, 6.45) is 1.39. The molecular weight excluding hydrogens is 330 g/mol.